The Morgan fingerprint density at radius 3 is 2.32 bits per heavy atom. The number of hydrogen-bond donors (Lipinski definition) is 0. The van der Waals surface area contributed by atoms with Crippen LogP contribution in [0.4, 0.5) is 4.39 Å². The molecule has 50 heavy (non-hydrogen) atoms. The first-order valence-corrected chi connectivity index (χ1v) is 21.2. The number of carbonyl (C=O) groups is 1. The first kappa shape index (κ1) is 38.1. The van der Waals surface area contributed by atoms with Crippen molar-refractivity contribution in [2.24, 2.45) is 0 Å². The average molecular weight is 825 g/mol. The molecule has 262 valence electrons. The molecule has 0 saturated carbocycles. The summed E-state index contributed by atoms with van der Waals surface area (Å²) in [7, 11) is 1.32. The minimum absolute atomic E-state index is 0.0132. The van der Waals surface area contributed by atoms with Crippen molar-refractivity contribution in [3.05, 3.63) is 117 Å². The number of fused-ring (bicyclic) bond motifs is 1. The van der Waals surface area contributed by atoms with Gasteiger partial charge in [0.1, 0.15) is 12.4 Å². The summed E-state index contributed by atoms with van der Waals surface area (Å²) in [5.41, 5.74) is 6.56. The van der Waals surface area contributed by atoms with Crippen LogP contribution in [0.15, 0.2) is 82.7 Å². The van der Waals surface area contributed by atoms with Crippen molar-refractivity contribution in [2.45, 2.75) is 63.5 Å². The lowest BCUT2D eigenvalue weighted by atomic mass is 10.0. The fourth-order valence-electron chi connectivity index (χ4n) is 5.97. The smallest absolute Gasteiger partial charge is 0.277 e. The van der Waals surface area contributed by atoms with Gasteiger partial charge in [-0.05, 0) is 78.9 Å². The molecule has 0 fully saturated rings. The lowest BCUT2D eigenvalue weighted by molar-refractivity contribution is -0.132. The number of hydrogen-bond acceptors (Lipinski definition) is 7. The second-order valence-electron chi connectivity index (χ2n) is 12.0. The predicted octanol–water partition coefficient (Wildman–Crippen LogP) is 7.96. The van der Waals surface area contributed by atoms with Crippen LogP contribution >= 0.6 is 42.2 Å². The number of rotatable bonds is 16. The highest BCUT2D eigenvalue weighted by Crippen LogP contribution is 2.27. The molecule has 1 heterocycles. The fraction of sp³-hybridized carbons (Fsp3) is 0.359. The molecule has 3 aromatic carbocycles. The van der Waals surface area contributed by atoms with Crippen LogP contribution in [0, 0.1) is 17.7 Å². The van der Waals surface area contributed by atoms with Crippen molar-refractivity contribution in [1.82, 2.24) is 19.4 Å². The summed E-state index contributed by atoms with van der Waals surface area (Å²) in [5, 5.41) is 0.530. The Balaban J connectivity index is 1.33. The van der Waals surface area contributed by atoms with E-state index in [1.54, 1.807) is 12.1 Å². The fourth-order valence-corrected chi connectivity index (χ4v) is 7.63. The van der Waals surface area contributed by atoms with E-state index >= 15 is 0 Å². The Hall–Kier alpha value is -3.15. The molecule has 0 N–H and O–H groups in total. The van der Waals surface area contributed by atoms with Crippen LogP contribution in [0.2, 0.25) is 0 Å². The van der Waals surface area contributed by atoms with Gasteiger partial charge in [-0.15, -0.1) is 0 Å². The molecule has 0 unspecified atom stereocenters. The van der Waals surface area contributed by atoms with Crippen molar-refractivity contribution in [3.8, 4) is 23.0 Å². The largest absolute Gasteiger partial charge is 0.336 e. The topological polar surface area (TPSA) is 67.7 Å². The quantitative estimate of drug-likeness (QED) is 0.0284. The number of benzene rings is 3. The molecule has 5 rings (SSSR count). The molecule has 1 aromatic heterocycles. The first-order chi connectivity index (χ1) is 24.4. The standard InChI is InChI=1S/C39H42FIN4O3S2/c1-3-43(4-2)23-24-44(26-30-13-19-33(20-14-30)32-17-11-29(12-18-32)8-5-6-25-48-50-41)37(46)27-45-36-10-7-9-35(36)38(47)42-39(45)49-28-31-15-21-34(40)22-16-31/h11-22H,3-4,6-7,9-10,23-28H2,1-2H3. The maximum Gasteiger partial charge on any atom is 0.277 e. The van der Waals surface area contributed by atoms with Gasteiger partial charge in [0.15, 0.2) is 5.16 Å². The van der Waals surface area contributed by atoms with Crippen LogP contribution in [-0.2, 0) is 40.7 Å². The minimum atomic E-state index is -0.292. The molecule has 0 aliphatic heterocycles. The second kappa shape index (κ2) is 19.5. The SMILES string of the molecule is CCN(CC)CCN(Cc1ccc(-c2ccc(C#CCCOSI)cc2)cc1)C(=O)Cn1c(SCc2ccc(F)cc2)nc(=O)c2c1CCC2. The zero-order valence-corrected chi connectivity index (χ0v) is 32.3. The Morgan fingerprint density at radius 2 is 1.64 bits per heavy atom. The number of thioether (sulfide) groups is 1. The lowest BCUT2D eigenvalue weighted by Gasteiger charge is -2.28. The Labute approximate surface area is 315 Å². The first-order valence-electron chi connectivity index (χ1n) is 17.0. The van der Waals surface area contributed by atoms with E-state index in [0.29, 0.717) is 43.4 Å². The van der Waals surface area contributed by atoms with Gasteiger partial charge in [-0.3, -0.25) is 9.59 Å². The van der Waals surface area contributed by atoms with Crippen LogP contribution < -0.4 is 5.56 Å². The van der Waals surface area contributed by atoms with Gasteiger partial charge in [-0.1, -0.05) is 86.0 Å². The normalized spacial score (nSPS) is 12.1. The minimum Gasteiger partial charge on any atom is -0.336 e. The Kier molecular flexibility index (Phi) is 14.8. The molecule has 7 nitrogen and oxygen atoms in total. The molecule has 11 heteroatoms. The van der Waals surface area contributed by atoms with Crippen molar-refractivity contribution in [1.29, 1.82) is 0 Å². The molecule has 0 atom stereocenters. The zero-order chi connectivity index (χ0) is 35.3. The zero-order valence-electron chi connectivity index (χ0n) is 28.5. The number of halogens is 2. The third kappa shape index (κ3) is 10.7. The van der Waals surface area contributed by atoms with Crippen molar-refractivity contribution < 1.29 is 13.4 Å². The summed E-state index contributed by atoms with van der Waals surface area (Å²) in [5.74, 6) is 6.54. The Morgan fingerprint density at radius 1 is 0.960 bits per heavy atom. The molecule has 1 amide bonds. The summed E-state index contributed by atoms with van der Waals surface area (Å²) in [6.07, 6.45) is 2.98. The van der Waals surface area contributed by atoms with Gasteiger partial charge in [-0.2, -0.15) is 4.98 Å². The van der Waals surface area contributed by atoms with E-state index in [2.05, 4.69) is 93.2 Å². The maximum atomic E-state index is 14.2. The van der Waals surface area contributed by atoms with Gasteiger partial charge >= 0.3 is 0 Å². The van der Waals surface area contributed by atoms with Crippen molar-refractivity contribution in [3.63, 3.8) is 0 Å². The van der Waals surface area contributed by atoms with E-state index < -0.39 is 0 Å². The van der Waals surface area contributed by atoms with Gasteiger partial charge in [0.25, 0.3) is 5.56 Å². The van der Waals surface area contributed by atoms with Crippen molar-refractivity contribution >= 4 is 48.1 Å². The summed E-state index contributed by atoms with van der Waals surface area (Å²) >= 11 is 3.51. The molecule has 1 aliphatic carbocycles. The number of likely N-dealkylation sites (N-methyl/N-ethyl adjacent to an activating group) is 1. The second-order valence-corrected chi connectivity index (χ2v) is 14.4. The Bertz CT molecular complexity index is 1840. The van der Waals surface area contributed by atoms with E-state index in [4.69, 9.17) is 4.18 Å². The van der Waals surface area contributed by atoms with E-state index in [0.717, 1.165) is 71.6 Å². The third-order valence-corrected chi connectivity index (χ3v) is 10.9. The summed E-state index contributed by atoms with van der Waals surface area (Å²) in [4.78, 5) is 35.9. The highest BCUT2D eigenvalue weighted by atomic mass is 127. The summed E-state index contributed by atoms with van der Waals surface area (Å²) < 4.78 is 20.7. The number of nitrogens with zero attached hydrogens (tertiary/aromatic N) is 4. The van der Waals surface area contributed by atoms with E-state index in [1.165, 1.54) is 33.1 Å². The molecule has 4 aromatic rings. The number of carbonyl (C=O) groups excluding carboxylic acids is 1. The van der Waals surface area contributed by atoms with Crippen LogP contribution in [0.3, 0.4) is 0 Å². The summed E-state index contributed by atoms with van der Waals surface area (Å²) in [6, 6.07) is 23.0. The highest BCUT2D eigenvalue weighted by molar-refractivity contribution is 14.2. The molecule has 0 spiro atoms. The van der Waals surface area contributed by atoms with Crippen LogP contribution in [0.5, 0.6) is 0 Å². The van der Waals surface area contributed by atoms with Crippen LogP contribution in [0.25, 0.3) is 11.1 Å². The predicted molar refractivity (Wildman–Crippen MR) is 211 cm³/mol. The van der Waals surface area contributed by atoms with Crippen LogP contribution in [-0.4, -0.2) is 58.0 Å². The molecule has 0 saturated heterocycles. The van der Waals surface area contributed by atoms with Gasteiger partial charge in [0.05, 0.1) is 15.8 Å². The highest BCUT2D eigenvalue weighted by Gasteiger charge is 2.25. The molecule has 0 radical (unpaired) electrons. The van der Waals surface area contributed by atoms with Gasteiger partial charge in [0, 0.05) is 69.8 Å². The third-order valence-electron chi connectivity index (χ3n) is 8.84. The molecular formula is C39H42FIN4O3S2. The van der Waals surface area contributed by atoms with E-state index in [1.807, 2.05) is 21.6 Å². The van der Waals surface area contributed by atoms with E-state index in [9.17, 15) is 14.0 Å². The monoisotopic (exact) mass is 824 g/mol. The molecular weight excluding hydrogens is 782 g/mol. The summed E-state index contributed by atoms with van der Waals surface area (Å²) in [6.45, 7) is 8.62. The number of aromatic nitrogens is 2. The molecule has 0 bridgehead atoms. The van der Waals surface area contributed by atoms with Crippen molar-refractivity contribution in [2.75, 3.05) is 32.8 Å². The maximum absolute atomic E-state index is 14.2. The average Bonchev–Trinajstić information content (AvgIpc) is 3.64. The number of amides is 1. The van der Waals surface area contributed by atoms with Gasteiger partial charge in [-0.25, -0.2) is 4.39 Å². The lowest BCUT2D eigenvalue weighted by Crippen LogP contribution is -2.40. The van der Waals surface area contributed by atoms with Gasteiger partial charge < -0.3 is 18.6 Å². The van der Waals surface area contributed by atoms with E-state index in [-0.39, 0.29) is 23.8 Å². The molecule has 1 aliphatic rings. The van der Waals surface area contributed by atoms with Gasteiger partial charge in [0.2, 0.25) is 5.91 Å². The van der Waals surface area contributed by atoms with Crippen LogP contribution in [0.1, 0.15) is 54.6 Å².